The number of hydrogen-bond donors (Lipinski definition) is 3. The summed E-state index contributed by atoms with van der Waals surface area (Å²) in [4.78, 5) is 24.3. The fourth-order valence-corrected chi connectivity index (χ4v) is 2.65. The number of carbonyl (C=O) groups is 2. The molecule has 2 amide bonds. The van der Waals surface area contributed by atoms with E-state index in [0.29, 0.717) is 6.54 Å². The summed E-state index contributed by atoms with van der Waals surface area (Å²) in [5, 5.41) is 7.76. The highest BCUT2D eigenvalue weighted by molar-refractivity contribution is 5.91. The maximum Gasteiger partial charge on any atom is 0.239 e. The number of amides is 2. The van der Waals surface area contributed by atoms with Gasteiger partial charge >= 0.3 is 0 Å². The van der Waals surface area contributed by atoms with Crippen LogP contribution in [0.4, 0.5) is 0 Å². The fraction of sp³-hybridized carbons (Fsp3) is 0.400. The van der Waals surface area contributed by atoms with Crippen molar-refractivity contribution < 1.29 is 9.59 Å². The van der Waals surface area contributed by atoms with E-state index in [2.05, 4.69) is 10.6 Å². The van der Waals surface area contributed by atoms with Gasteiger partial charge in [-0.1, -0.05) is 56.3 Å². The molecular weight excluding hydrogens is 314 g/mol. The van der Waals surface area contributed by atoms with Gasteiger partial charge in [0, 0.05) is 6.54 Å². The van der Waals surface area contributed by atoms with E-state index in [1.54, 1.807) is 0 Å². The van der Waals surface area contributed by atoms with Crippen LogP contribution in [0.2, 0.25) is 0 Å². The van der Waals surface area contributed by atoms with Gasteiger partial charge in [0.25, 0.3) is 0 Å². The first kappa shape index (κ1) is 18.9. The maximum absolute atomic E-state index is 12.2. The van der Waals surface area contributed by atoms with Gasteiger partial charge in [-0.05, 0) is 29.2 Å². The van der Waals surface area contributed by atoms with Crippen molar-refractivity contribution in [3.63, 3.8) is 0 Å². The van der Waals surface area contributed by atoms with Crippen LogP contribution >= 0.6 is 0 Å². The molecule has 1 atom stereocenters. The Hall–Kier alpha value is -2.40. The van der Waals surface area contributed by atoms with Gasteiger partial charge in [-0.3, -0.25) is 9.59 Å². The zero-order valence-electron chi connectivity index (χ0n) is 15.1. The third-order valence-corrected chi connectivity index (χ3v) is 4.80. The molecule has 0 aliphatic heterocycles. The average molecular weight is 341 g/mol. The van der Waals surface area contributed by atoms with E-state index in [1.807, 2.05) is 63.2 Å². The first-order valence-corrected chi connectivity index (χ1v) is 8.60. The van der Waals surface area contributed by atoms with Gasteiger partial charge in [0.1, 0.15) is 0 Å². The summed E-state index contributed by atoms with van der Waals surface area (Å²) in [6, 6.07) is 13.8. The smallest absolute Gasteiger partial charge is 0.239 e. The van der Waals surface area contributed by atoms with Gasteiger partial charge in [-0.2, -0.15) is 0 Å². The van der Waals surface area contributed by atoms with Crippen molar-refractivity contribution in [3.05, 3.63) is 48.0 Å². The quantitative estimate of drug-likeness (QED) is 0.720. The van der Waals surface area contributed by atoms with Crippen molar-refractivity contribution in [2.45, 2.75) is 32.7 Å². The number of fused-ring (bicyclic) bond motifs is 1. The molecular formula is C20H27N3O2. The minimum absolute atomic E-state index is 0.0497. The molecule has 0 fully saturated rings. The summed E-state index contributed by atoms with van der Waals surface area (Å²) in [5.41, 5.74) is 6.24. The summed E-state index contributed by atoms with van der Waals surface area (Å²) >= 11 is 0. The maximum atomic E-state index is 12.2. The van der Waals surface area contributed by atoms with Gasteiger partial charge in [0.05, 0.1) is 18.5 Å². The molecule has 0 saturated carbocycles. The number of nitrogens with two attached hydrogens (primary N) is 1. The summed E-state index contributed by atoms with van der Waals surface area (Å²) in [7, 11) is 0. The van der Waals surface area contributed by atoms with Crippen molar-refractivity contribution >= 4 is 22.6 Å². The van der Waals surface area contributed by atoms with E-state index in [9.17, 15) is 9.59 Å². The standard InChI is InChI=1S/C20H27N3O2/c1-14(2)20(3,13-21)23-19(25)12-22-18(24)11-16-9-6-8-15-7-4-5-10-17(15)16/h4-10,14H,11-13,21H2,1-3H3,(H,22,24)(H,23,25). The van der Waals surface area contributed by atoms with Gasteiger partial charge in [0.15, 0.2) is 0 Å². The third-order valence-electron chi connectivity index (χ3n) is 4.80. The zero-order valence-corrected chi connectivity index (χ0v) is 15.1. The Bertz CT molecular complexity index is 752. The Kier molecular flexibility index (Phi) is 6.15. The number of hydrogen-bond acceptors (Lipinski definition) is 3. The second-order valence-electron chi connectivity index (χ2n) is 6.92. The monoisotopic (exact) mass is 341 g/mol. The van der Waals surface area contributed by atoms with Gasteiger partial charge in [-0.15, -0.1) is 0 Å². The van der Waals surface area contributed by atoms with Crippen LogP contribution in [0.15, 0.2) is 42.5 Å². The zero-order chi connectivity index (χ0) is 18.4. The van der Waals surface area contributed by atoms with Crippen molar-refractivity contribution in [2.75, 3.05) is 13.1 Å². The number of carbonyl (C=O) groups excluding carboxylic acids is 2. The van der Waals surface area contributed by atoms with Crippen molar-refractivity contribution in [2.24, 2.45) is 11.7 Å². The molecule has 5 heteroatoms. The van der Waals surface area contributed by atoms with Crippen LogP contribution in [0.5, 0.6) is 0 Å². The molecule has 134 valence electrons. The molecule has 5 nitrogen and oxygen atoms in total. The highest BCUT2D eigenvalue weighted by atomic mass is 16.2. The second-order valence-corrected chi connectivity index (χ2v) is 6.92. The minimum Gasteiger partial charge on any atom is -0.348 e. The largest absolute Gasteiger partial charge is 0.348 e. The van der Waals surface area contributed by atoms with Crippen LogP contribution in [0.3, 0.4) is 0 Å². The predicted molar refractivity (Wildman–Crippen MR) is 101 cm³/mol. The van der Waals surface area contributed by atoms with Crippen LogP contribution in [0.1, 0.15) is 26.3 Å². The predicted octanol–water partition coefficient (Wildman–Crippen LogP) is 1.99. The first-order valence-electron chi connectivity index (χ1n) is 8.60. The Morgan fingerprint density at radius 1 is 1.08 bits per heavy atom. The highest BCUT2D eigenvalue weighted by Crippen LogP contribution is 2.18. The van der Waals surface area contributed by atoms with Crippen molar-refractivity contribution in [1.82, 2.24) is 10.6 Å². The Morgan fingerprint density at radius 2 is 1.76 bits per heavy atom. The highest BCUT2D eigenvalue weighted by Gasteiger charge is 2.28. The molecule has 0 aliphatic rings. The SMILES string of the molecule is CC(C)C(C)(CN)NC(=O)CNC(=O)Cc1cccc2ccccc12. The van der Waals surface area contributed by atoms with Crippen molar-refractivity contribution in [3.8, 4) is 0 Å². The average Bonchev–Trinajstić information content (AvgIpc) is 2.60. The Labute approximate surface area is 149 Å². The van der Waals surface area contributed by atoms with E-state index in [0.717, 1.165) is 16.3 Å². The van der Waals surface area contributed by atoms with Crippen LogP contribution in [-0.4, -0.2) is 30.4 Å². The molecule has 0 saturated heterocycles. The van der Waals surface area contributed by atoms with Crippen molar-refractivity contribution in [1.29, 1.82) is 0 Å². The number of rotatable bonds is 7. The molecule has 1 unspecified atom stereocenters. The lowest BCUT2D eigenvalue weighted by Crippen LogP contribution is -2.56. The normalized spacial score (nSPS) is 13.5. The van der Waals surface area contributed by atoms with Gasteiger partial charge in [-0.25, -0.2) is 0 Å². The van der Waals surface area contributed by atoms with Crippen LogP contribution in [0.25, 0.3) is 10.8 Å². The molecule has 0 aromatic heterocycles. The van der Waals surface area contributed by atoms with E-state index in [-0.39, 0.29) is 30.7 Å². The Morgan fingerprint density at radius 3 is 2.44 bits per heavy atom. The van der Waals surface area contributed by atoms with E-state index >= 15 is 0 Å². The molecule has 25 heavy (non-hydrogen) atoms. The summed E-state index contributed by atoms with van der Waals surface area (Å²) in [6.45, 7) is 6.22. The summed E-state index contributed by atoms with van der Waals surface area (Å²) in [6.07, 6.45) is 0.243. The molecule has 4 N–H and O–H groups in total. The first-order chi connectivity index (χ1) is 11.9. The van der Waals surface area contributed by atoms with Crippen LogP contribution < -0.4 is 16.4 Å². The molecule has 2 aromatic rings. The summed E-state index contributed by atoms with van der Waals surface area (Å²) in [5.74, 6) is -0.203. The lowest BCUT2D eigenvalue weighted by Gasteiger charge is -2.33. The molecule has 2 aromatic carbocycles. The molecule has 0 heterocycles. The number of benzene rings is 2. The van der Waals surface area contributed by atoms with E-state index in [1.165, 1.54) is 0 Å². The lowest BCUT2D eigenvalue weighted by atomic mass is 9.88. The number of nitrogens with one attached hydrogen (secondary N) is 2. The molecule has 0 spiro atoms. The van der Waals surface area contributed by atoms with Gasteiger partial charge in [0.2, 0.25) is 11.8 Å². The van der Waals surface area contributed by atoms with Crippen LogP contribution in [-0.2, 0) is 16.0 Å². The Balaban J connectivity index is 1.93. The molecule has 2 rings (SSSR count). The molecule has 0 bridgehead atoms. The molecule has 0 radical (unpaired) electrons. The van der Waals surface area contributed by atoms with E-state index in [4.69, 9.17) is 5.73 Å². The molecule has 0 aliphatic carbocycles. The van der Waals surface area contributed by atoms with E-state index < -0.39 is 5.54 Å². The van der Waals surface area contributed by atoms with Crippen LogP contribution in [0, 0.1) is 5.92 Å². The van der Waals surface area contributed by atoms with Gasteiger partial charge < -0.3 is 16.4 Å². The summed E-state index contributed by atoms with van der Waals surface area (Å²) < 4.78 is 0. The topological polar surface area (TPSA) is 84.2 Å². The lowest BCUT2D eigenvalue weighted by molar-refractivity contribution is -0.127. The third kappa shape index (κ3) is 4.79. The minimum atomic E-state index is -0.475. The second kappa shape index (κ2) is 8.12. The fourth-order valence-electron chi connectivity index (χ4n) is 2.65.